The molecule has 1 fully saturated rings. The monoisotopic (exact) mass is 261 g/mol. The molecule has 0 aromatic heterocycles. The van der Waals surface area contributed by atoms with Gasteiger partial charge in [-0.2, -0.15) is 0 Å². The van der Waals surface area contributed by atoms with Crippen LogP contribution < -0.4 is 10.5 Å². The molecule has 2 rings (SSSR count). The second-order valence-electron chi connectivity index (χ2n) is 7.01. The quantitative estimate of drug-likeness (QED) is 0.883. The van der Waals surface area contributed by atoms with Crippen LogP contribution in [0.4, 0.5) is 0 Å². The predicted molar refractivity (Wildman–Crippen MR) is 80.3 cm³/mol. The molecule has 1 aliphatic rings. The fraction of sp³-hybridized carbons (Fsp3) is 0.647. The Morgan fingerprint density at radius 1 is 1.00 bits per heavy atom. The number of hydrogen-bond donors (Lipinski definition) is 1. The summed E-state index contributed by atoms with van der Waals surface area (Å²) in [7, 11) is 0. The van der Waals surface area contributed by atoms with E-state index in [1.807, 2.05) is 26.0 Å². The Hall–Kier alpha value is -1.02. The summed E-state index contributed by atoms with van der Waals surface area (Å²) in [6.07, 6.45) is 4.77. The van der Waals surface area contributed by atoms with E-state index in [2.05, 4.69) is 26.0 Å². The van der Waals surface area contributed by atoms with Crippen LogP contribution in [0.15, 0.2) is 24.3 Å². The molecule has 1 aromatic carbocycles. The van der Waals surface area contributed by atoms with E-state index in [1.54, 1.807) is 0 Å². The van der Waals surface area contributed by atoms with E-state index >= 15 is 0 Å². The molecule has 0 heterocycles. The van der Waals surface area contributed by atoms with Crippen LogP contribution in [0.1, 0.15) is 58.9 Å². The van der Waals surface area contributed by atoms with Gasteiger partial charge < -0.3 is 10.5 Å². The van der Waals surface area contributed by atoms with Gasteiger partial charge in [0.25, 0.3) is 0 Å². The minimum absolute atomic E-state index is 0.147. The molecular formula is C17H27NO. The Balaban J connectivity index is 2.09. The Bertz CT molecular complexity index is 409. The average Bonchev–Trinajstić information content (AvgIpc) is 2.34. The maximum absolute atomic E-state index is 6.61. The zero-order valence-electron chi connectivity index (χ0n) is 12.7. The first kappa shape index (κ1) is 14.4. The maximum Gasteiger partial charge on any atom is 0.119 e. The summed E-state index contributed by atoms with van der Waals surface area (Å²) in [5.74, 6) is 0.929. The summed E-state index contributed by atoms with van der Waals surface area (Å²) >= 11 is 0. The maximum atomic E-state index is 6.61. The molecule has 0 saturated heterocycles. The molecule has 1 aliphatic carbocycles. The molecule has 2 nitrogen and oxygen atoms in total. The zero-order valence-corrected chi connectivity index (χ0v) is 12.7. The normalized spacial score (nSPS) is 21.4. The third kappa shape index (κ3) is 3.50. The van der Waals surface area contributed by atoms with Gasteiger partial charge in [0.2, 0.25) is 0 Å². The molecule has 0 bridgehead atoms. The highest BCUT2D eigenvalue weighted by molar-refractivity contribution is 5.32. The summed E-state index contributed by atoms with van der Waals surface area (Å²) in [5.41, 5.74) is 8.16. The van der Waals surface area contributed by atoms with Crippen LogP contribution in [0.5, 0.6) is 5.75 Å². The Kier molecular flexibility index (Phi) is 3.91. The topological polar surface area (TPSA) is 35.2 Å². The summed E-state index contributed by atoms with van der Waals surface area (Å²) < 4.78 is 5.68. The van der Waals surface area contributed by atoms with E-state index in [-0.39, 0.29) is 11.6 Å². The largest absolute Gasteiger partial charge is 0.491 e. The second kappa shape index (κ2) is 5.16. The molecule has 1 saturated carbocycles. The van der Waals surface area contributed by atoms with E-state index in [4.69, 9.17) is 10.5 Å². The van der Waals surface area contributed by atoms with Gasteiger partial charge in [0.05, 0.1) is 6.10 Å². The van der Waals surface area contributed by atoms with E-state index in [9.17, 15) is 0 Å². The van der Waals surface area contributed by atoms with Gasteiger partial charge in [0, 0.05) is 5.54 Å². The molecule has 2 N–H and O–H groups in total. The highest BCUT2D eigenvalue weighted by atomic mass is 16.5. The Morgan fingerprint density at radius 2 is 1.53 bits per heavy atom. The molecule has 0 aliphatic heterocycles. The lowest BCUT2D eigenvalue weighted by atomic mass is 9.67. The molecule has 2 heteroatoms. The summed E-state index contributed by atoms with van der Waals surface area (Å²) in [5, 5.41) is 0. The number of benzene rings is 1. The first-order valence-corrected chi connectivity index (χ1v) is 7.37. The van der Waals surface area contributed by atoms with Gasteiger partial charge in [-0.3, -0.25) is 0 Å². The number of ether oxygens (including phenoxy) is 1. The zero-order chi connectivity index (χ0) is 14.1. The third-order valence-electron chi connectivity index (χ3n) is 4.30. The van der Waals surface area contributed by atoms with Gasteiger partial charge in [-0.1, -0.05) is 26.0 Å². The minimum Gasteiger partial charge on any atom is -0.491 e. The van der Waals surface area contributed by atoms with E-state index in [0.29, 0.717) is 5.41 Å². The van der Waals surface area contributed by atoms with Crippen LogP contribution in [-0.4, -0.2) is 6.10 Å². The van der Waals surface area contributed by atoms with Crippen molar-refractivity contribution in [2.24, 2.45) is 11.1 Å². The summed E-state index contributed by atoms with van der Waals surface area (Å²) in [4.78, 5) is 0. The highest BCUT2D eigenvalue weighted by Gasteiger charge is 2.36. The molecular weight excluding hydrogens is 234 g/mol. The Labute approximate surface area is 117 Å². The average molecular weight is 261 g/mol. The van der Waals surface area contributed by atoms with Gasteiger partial charge in [-0.15, -0.1) is 0 Å². The lowest BCUT2D eigenvalue weighted by Gasteiger charge is -2.41. The fourth-order valence-electron chi connectivity index (χ4n) is 2.80. The van der Waals surface area contributed by atoms with Crippen LogP contribution >= 0.6 is 0 Å². The van der Waals surface area contributed by atoms with Crippen LogP contribution in [0, 0.1) is 5.41 Å². The van der Waals surface area contributed by atoms with Crippen molar-refractivity contribution >= 4 is 0 Å². The van der Waals surface area contributed by atoms with Crippen molar-refractivity contribution in [3.05, 3.63) is 29.8 Å². The molecule has 106 valence electrons. The Morgan fingerprint density at radius 3 is 2.00 bits per heavy atom. The van der Waals surface area contributed by atoms with E-state index in [1.165, 1.54) is 18.4 Å². The van der Waals surface area contributed by atoms with Crippen LogP contribution in [-0.2, 0) is 5.54 Å². The van der Waals surface area contributed by atoms with E-state index in [0.717, 1.165) is 18.6 Å². The first-order chi connectivity index (χ1) is 8.81. The standard InChI is InChI=1S/C17H27NO/c1-13(2)19-15-7-5-14(6-8-15)17(18)11-9-16(3,4)10-12-17/h5-8,13H,9-12,18H2,1-4H3. The van der Waals surface area contributed by atoms with Gasteiger partial charge in [0.15, 0.2) is 0 Å². The van der Waals surface area contributed by atoms with Crippen molar-refractivity contribution in [2.75, 3.05) is 0 Å². The molecule has 1 aromatic rings. The van der Waals surface area contributed by atoms with Gasteiger partial charge >= 0.3 is 0 Å². The van der Waals surface area contributed by atoms with Crippen LogP contribution in [0.25, 0.3) is 0 Å². The first-order valence-electron chi connectivity index (χ1n) is 7.37. The molecule has 0 amide bonds. The van der Waals surface area contributed by atoms with Crippen LogP contribution in [0.2, 0.25) is 0 Å². The van der Waals surface area contributed by atoms with Crippen molar-refractivity contribution < 1.29 is 4.74 Å². The lowest BCUT2D eigenvalue weighted by molar-refractivity contribution is 0.165. The number of rotatable bonds is 3. The van der Waals surface area contributed by atoms with Crippen molar-refractivity contribution in [1.29, 1.82) is 0 Å². The van der Waals surface area contributed by atoms with Gasteiger partial charge in [-0.25, -0.2) is 0 Å². The fourth-order valence-corrected chi connectivity index (χ4v) is 2.80. The van der Waals surface area contributed by atoms with E-state index < -0.39 is 0 Å². The van der Waals surface area contributed by atoms with Crippen molar-refractivity contribution in [3.63, 3.8) is 0 Å². The lowest BCUT2D eigenvalue weighted by Crippen LogP contribution is -2.42. The van der Waals surface area contributed by atoms with Crippen molar-refractivity contribution in [3.8, 4) is 5.75 Å². The molecule has 0 radical (unpaired) electrons. The van der Waals surface area contributed by atoms with Crippen molar-refractivity contribution in [2.45, 2.75) is 65.0 Å². The number of hydrogen-bond acceptors (Lipinski definition) is 2. The molecule has 0 spiro atoms. The highest BCUT2D eigenvalue weighted by Crippen LogP contribution is 2.43. The predicted octanol–water partition coefficient (Wildman–Crippen LogP) is 4.23. The van der Waals surface area contributed by atoms with Gasteiger partial charge in [0.1, 0.15) is 5.75 Å². The minimum atomic E-state index is -0.147. The second-order valence-corrected chi connectivity index (χ2v) is 7.01. The molecule has 19 heavy (non-hydrogen) atoms. The summed E-state index contributed by atoms with van der Waals surface area (Å²) in [6, 6.07) is 8.36. The SMILES string of the molecule is CC(C)Oc1ccc(C2(N)CCC(C)(C)CC2)cc1. The van der Waals surface area contributed by atoms with Crippen LogP contribution in [0.3, 0.4) is 0 Å². The van der Waals surface area contributed by atoms with Crippen molar-refractivity contribution in [1.82, 2.24) is 0 Å². The van der Waals surface area contributed by atoms with Gasteiger partial charge in [-0.05, 0) is 62.6 Å². The third-order valence-corrected chi connectivity index (χ3v) is 4.30. The molecule has 0 atom stereocenters. The smallest absolute Gasteiger partial charge is 0.119 e. The number of nitrogens with two attached hydrogens (primary N) is 1. The molecule has 0 unspecified atom stereocenters. The summed E-state index contributed by atoms with van der Waals surface area (Å²) in [6.45, 7) is 8.77.